The van der Waals surface area contributed by atoms with Crippen LogP contribution in [-0.2, 0) is 22.6 Å². The number of nitrogens with zero attached hydrogens (tertiary/aromatic N) is 1. The van der Waals surface area contributed by atoms with Gasteiger partial charge in [-0.25, -0.2) is 0 Å². The van der Waals surface area contributed by atoms with Crippen LogP contribution in [0.1, 0.15) is 11.1 Å². The average molecular weight is 247 g/mol. The van der Waals surface area contributed by atoms with Gasteiger partial charge in [0.15, 0.2) is 0 Å². The Kier molecular flexibility index (Phi) is 3.62. The number of rotatable bonds is 3. The number of fused-ring (bicyclic) bond motifs is 1. The van der Waals surface area contributed by atoms with Crippen molar-refractivity contribution in [1.82, 2.24) is 10.2 Å². The summed E-state index contributed by atoms with van der Waals surface area (Å²) in [7, 11) is 1.70. The minimum Gasteiger partial charge on any atom is -0.368 e. The van der Waals surface area contributed by atoms with Crippen LogP contribution in [0.5, 0.6) is 0 Å². The minimum atomic E-state index is -0.541. The van der Waals surface area contributed by atoms with Gasteiger partial charge in [-0.2, -0.15) is 0 Å². The molecule has 1 aromatic carbocycles. The molecule has 18 heavy (non-hydrogen) atoms. The van der Waals surface area contributed by atoms with E-state index in [0.29, 0.717) is 13.0 Å². The predicted octanol–water partition coefficient (Wildman–Crippen LogP) is -0.355. The van der Waals surface area contributed by atoms with E-state index in [-0.39, 0.29) is 12.5 Å². The second-order valence-corrected chi connectivity index (χ2v) is 4.44. The van der Waals surface area contributed by atoms with Crippen LogP contribution >= 0.6 is 0 Å². The molecule has 0 aromatic heterocycles. The van der Waals surface area contributed by atoms with Crippen LogP contribution in [0.2, 0.25) is 0 Å². The lowest BCUT2D eigenvalue weighted by molar-refractivity contribution is -0.139. The molecule has 0 saturated carbocycles. The summed E-state index contributed by atoms with van der Waals surface area (Å²) >= 11 is 0. The Morgan fingerprint density at radius 2 is 2.06 bits per heavy atom. The lowest BCUT2D eigenvalue weighted by Gasteiger charge is -2.35. The Balaban J connectivity index is 2.28. The number of carbonyl (C=O) groups is 2. The number of amides is 2. The fraction of sp³-hybridized carbons (Fsp3) is 0.385. The lowest BCUT2D eigenvalue weighted by Crippen LogP contribution is -2.52. The summed E-state index contributed by atoms with van der Waals surface area (Å²) in [5.74, 6) is -0.551. The number of primary amides is 1. The molecule has 3 N–H and O–H groups in total. The number of nitrogens with one attached hydrogen (secondary N) is 1. The van der Waals surface area contributed by atoms with Crippen molar-refractivity contribution in [3.8, 4) is 0 Å². The van der Waals surface area contributed by atoms with Crippen molar-refractivity contribution in [3.63, 3.8) is 0 Å². The van der Waals surface area contributed by atoms with Gasteiger partial charge in [0.2, 0.25) is 11.8 Å². The van der Waals surface area contributed by atoms with Gasteiger partial charge in [0.25, 0.3) is 0 Å². The standard InChI is InChI=1S/C13H17N3O2/c1-15-7-12(17)16-8-10-5-3-2-4-9(10)6-11(16)13(14)18/h2-5,11,15H,6-8H2,1H3,(H2,14,18)/t11-/m0/s1. The van der Waals surface area contributed by atoms with Crippen LogP contribution in [0.15, 0.2) is 24.3 Å². The van der Waals surface area contributed by atoms with Crippen LogP contribution in [0, 0.1) is 0 Å². The highest BCUT2D eigenvalue weighted by Gasteiger charge is 2.32. The van der Waals surface area contributed by atoms with Crippen LogP contribution in [0.4, 0.5) is 0 Å². The van der Waals surface area contributed by atoms with E-state index in [0.717, 1.165) is 11.1 Å². The maximum atomic E-state index is 12.0. The van der Waals surface area contributed by atoms with Crippen molar-refractivity contribution in [2.24, 2.45) is 5.73 Å². The molecular weight excluding hydrogens is 230 g/mol. The molecule has 0 unspecified atom stereocenters. The summed E-state index contributed by atoms with van der Waals surface area (Å²) in [4.78, 5) is 25.0. The Morgan fingerprint density at radius 1 is 1.39 bits per heavy atom. The predicted molar refractivity (Wildman–Crippen MR) is 67.6 cm³/mol. The zero-order valence-electron chi connectivity index (χ0n) is 10.3. The molecule has 0 aliphatic carbocycles. The van der Waals surface area contributed by atoms with Crippen molar-refractivity contribution < 1.29 is 9.59 Å². The van der Waals surface area contributed by atoms with Crippen molar-refractivity contribution >= 4 is 11.8 Å². The summed E-state index contributed by atoms with van der Waals surface area (Å²) in [6.45, 7) is 0.663. The van der Waals surface area contributed by atoms with Gasteiger partial charge in [-0.15, -0.1) is 0 Å². The van der Waals surface area contributed by atoms with Crippen molar-refractivity contribution in [2.45, 2.75) is 19.0 Å². The molecule has 0 spiro atoms. The first-order valence-corrected chi connectivity index (χ1v) is 5.93. The zero-order chi connectivity index (χ0) is 13.1. The Labute approximate surface area is 106 Å². The number of likely N-dealkylation sites (N-methyl/N-ethyl adjacent to an activating group) is 1. The molecule has 2 amide bonds. The summed E-state index contributed by atoms with van der Waals surface area (Å²) < 4.78 is 0. The number of hydrogen-bond acceptors (Lipinski definition) is 3. The smallest absolute Gasteiger partial charge is 0.240 e. The Bertz CT molecular complexity index is 473. The number of benzene rings is 1. The van der Waals surface area contributed by atoms with E-state index in [4.69, 9.17) is 5.73 Å². The molecule has 1 aromatic rings. The third-order valence-corrected chi connectivity index (χ3v) is 3.23. The molecule has 0 saturated heterocycles. The second-order valence-electron chi connectivity index (χ2n) is 4.44. The van der Waals surface area contributed by atoms with E-state index in [1.165, 1.54) is 0 Å². The van der Waals surface area contributed by atoms with E-state index in [1.807, 2.05) is 24.3 Å². The average Bonchev–Trinajstić information content (AvgIpc) is 2.37. The molecule has 1 aliphatic heterocycles. The highest BCUT2D eigenvalue weighted by atomic mass is 16.2. The number of carbonyl (C=O) groups excluding carboxylic acids is 2. The monoisotopic (exact) mass is 247 g/mol. The third-order valence-electron chi connectivity index (χ3n) is 3.23. The molecule has 5 heteroatoms. The van der Waals surface area contributed by atoms with Crippen LogP contribution in [-0.4, -0.2) is 36.3 Å². The first kappa shape index (κ1) is 12.6. The molecule has 1 heterocycles. The van der Waals surface area contributed by atoms with E-state index < -0.39 is 11.9 Å². The summed E-state index contributed by atoms with van der Waals surface area (Å²) in [6, 6.07) is 7.28. The van der Waals surface area contributed by atoms with Gasteiger partial charge >= 0.3 is 0 Å². The van der Waals surface area contributed by atoms with Crippen LogP contribution in [0.3, 0.4) is 0 Å². The topological polar surface area (TPSA) is 75.4 Å². The molecule has 1 aliphatic rings. The quantitative estimate of drug-likeness (QED) is 0.766. The largest absolute Gasteiger partial charge is 0.368 e. The summed E-state index contributed by atoms with van der Waals surface area (Å²) in [5, 5.41) is 2.80. The SMILES string of the molecule is CNCC(=O)N1Cc2ccccc2C[C@H]1C(N)=O. The number of nitrogens with two attached hydrogens (primary N) is 1. The molecule has 0 bridgehead atoms. The van der Waals surface area contributed by atoms with Gasteiger partial charge in [0, 0.05) is 13.0 Å². The first-order chi connectivity index (χ1) is 8.63. The molecule has 96 valence electrons. The van der Waals surface area contributed by atoms with E-state index in [2.05, 4.69) is 5.32 Å². The van der Waals surface area contributed by atoms with Crippen LogP contribution < -0.4 is 11.1 Å². The summed E-state index contributed by atoms with van der Waals surface area (Å²) in [6.07, 6.45) is 0.501. The first-order valence-electron chi connectivity index (χ1n) is 5.93. The van der Waals surface area contributed by atoms with E-state index in [1.54, 1.807) is 11.9 Å². The fourth-order valence-corrected chi connectivity index (χ4v) is 2.29. The van der Waals surface area contributed by atoms with Gasteiger partial charge < -0.3 is 16.0 Å². The molecule has 5 nitrogen and oxygen atoms in total. The maximum absolute atomic E-state index is 12.0. The van der Waals surface area contributed by atoms with Gasteiger partial charge in [-0.05, 0) is 18.2 Å². The minimum absolute atomic E-state index is 0.101. The molecule has 0 radical (unpaired) electrons. The van der Waals surface area contributed by atoms with E-state index in [9.17, 15) is 9.59 Å². The maximum Gasteiger partial charge on any atom is 0.240 e. The summed E-state index contributed by atoms with van der Waals surface area (Å²) in [5.41, 5.74) is 7.57. The van der Waals surface area contributed by atoms with Gasteiger partial charge in [-0.1, -0.05) is 24.3 Å². The van der Waals surface area contributed by atoms with E-state index >= 15 is 0 Å². The lowest BCUT2D eigenvalue weighted by atomic mass is 9.93. The Hall–Kier alpha value is -1.88. The highest BCUT2D eigenvalue weighted by molar-refractivity contribution is 5.88. The van der Waals surface area contributed by atoms with Gasteiger partial charge in [-0.3, -0.25) is 9.59 Å². The molecule has 0 fully saturated rings. The zero-order valence-corrected chi connectivity index (χ0v) is 10.3. The second kappa shape index (κ2) is 5.18. The Morgan fingerprint density at radius 3 is 2.67 bits per heavy atom. The third kappa shape index (κ3) is 2.36. The van der Waals surface area contributed by atoms with Gasteiger partial charge in [0.1, 0.15) is 6.04 Å². The van der Waals surface area contributed by atoms with Gasteiger partial charge in [0.05, 0.1) is 6.54 Å². The molecule has 1 atom stereocenters. The van der Waals surface area contributed by atoms with Crippen molar-refractivity contribution in [1.29, 1.82) is 0 Å². The van der Waals surface area contributed by atoms with Crippen molar-refractivity contribution in [3.05, 3.63) is 35.4 Å². The number of hydrogen-bond donors (Lipinski definition) is 2. The highest BCUT2D eigenvalue weighted by Crippen LogP contribution is 2.23. The van der Waals surface area contributed by atoms with Crippen molar-refractivity contribution in [2.75, 3.05) is 13.6 Å². The molecule has 2 rings (SSSR count). The fourth-order valence-electron chi connectivity index (χ4n) is 2.29. The molecular formula is C13H17N3O2. The van der Waals surface area contributed by atoms with Crippen LogP contribution in [0.25, 0.3) is 0 Å². The normalized spacial score (nSPS) is 18.3.